The molecule has 0 aliphatic heterocycles. The van der Waals surface area contributed by atoms with Gasteiger partial charge in [-0.3, -0.25) is 0 Å². The van der Waals surface area contributed by atoms with Crippen LogP contribution in [0.3, 0.4) is 0 Å². The van der Waals surface area contributed by atoms with E-state index in [4.69, 9.17) is 0 Å². The average molecular weight is 583 g/mol. The molecule has 0 aromatic rings. The molecular weight excluding hydrogens is 518 g/mol. The molecule has 40 heavy (non-hydrogen) atoms. The predicted molar refractivity (Wildman–Crippen MR) is 182 cm³/mol. The molecule has 0 amide bonds. The highest BCUT2D eigenvalue weighted by Gasteiger charge is 2.48. The van der Waals surface area contributed by atoms with Gasteiger partial charge in [0.05, 0.1) is 0 Å². The second-order valence-electron chi connectivity index (χ2n) is 15.3. The third-order valence-electron chi connectivity index (χ3n) is 12.8. The molecule has 0 nitrogen and oxygen atoms in total. The molecule has 4 atom stereocenters. The van der Waals surface area contributed by atoms with Gasteiger partial charge in [-0.15, -0.1) is 0 Å². The van der Waals surface area contributed by atoms with Crippen molar-refractivity contribution in [2.75, 3.05) is 0 Å². The maximum Gasteiger partial charge on any atom is -0.00631 e. The van der Waals surface area contributed by atoms with E-state index in [2.05, 4.69) is 31.3 Å². The maximum atomic E-state index is 2.95. The fraction of sp³-hybridized carbons (Fsp3) is 0.895. The molecule has 4 saturated carbocycles. The van der Waals surface area contributed by atoms with Crippen LogP contribution in [0, 0.1) is 17.8 Å². The summed E-state index contributed by atoms with van der Waals surface area (Å²) in [6, 6.07) is 0. The minimum atomic E-state index is 0.0489. The van der Waals surface area contributed by atoms with E-state index < -0.39 is 0 Å². The summed E-state index contributed by atoms with van der Waals surface area (Å²) < 4.78 is 0. The van der Waals surface area contributed by atoms with Gasteiger partial charge in [-0.1, -0.05) is 118 Å². The zero-order valence-corrected chi connectivity index (χ0v) is 28.4. The van der Waals surface area contributed by atoms with Crippen molar-refractivity contribution >= 4 is 15.8 Å². The largest absolute Gasteiger partial charge is 0.0965 e. The summed E-state index contributed by atoms with van der Waals surface area (Å²) in [5, 5.41) is 2.12. The molecule has 0 saturated heterocycles. The molecule has 0 bridgehead atoms. The van der Waals surface area contributed by atoms with Gasteiger partial charge < -0.3 is 0 Å². The Kier molecular flexibility index (Phi) is 11.3. The summed E-state index contributed by atoms with van der Waals surface area (Å²) in [4.78, 5) is 0. The second-order valence-corrected chi connectivity index (χ2v) is 21.2. The van der Waals surface area contributed by atoms with Gasteiger partial charge in [-0.05, 0) is 135 Å². The van der Waals surface area contributed by atoms with Gasteiger partial charge in [0.2, 0.25) is 0 Å². The summed E-state index contributed by atoms with van der Waals surface area (Å²) in [6.07, 6.45) is 42.5. The first-order valence-electron chi connectivity index (χ1n) is 18.6. The van der Waals surface area contributed by atoms with Crippen molar-refractivity contribution < 1.29 is 0 Å². The van der Waals surface area contributed by atoms with E-state index in [-0.39, 0.29) is 15.8 Å². The first kappa shape index (κ1) is 30.4. The highest BCUT2D eigenvalue weighted by Crippen LogP contribution is 2.70. The van der Waals surface area contributed by atoms with Gasteiger partial charge in [0.1, 0.15) is 0 Å². The van der Waals surface area contributed by atoms with Crippen LogP contribution in [-0.4, -0.2) is 28.3 Å². The van der Waals surface area contributed by atoms with Crippen LogP contribution in [0.1, 0.15) is 168 Å². The lowest BCUT2D eigenvalue weighted by atomic mass is 9.70. The van der Waals surface area contributed by atoms with Crippen molar-refractivity contribution in [1.82, 2.24) is 0 Å². The van der Waals surface area contributed by atoms with Crippen molar-refractivity contribution in [3.8, 4) is 0 Å². The predicted octanol–water partition coefficient (Wildman–Crippen LogP) is 12.9. The molecule has 2 heteroatoms. The Morgan fingerprint density at radius 1 is 0.500 bits per heavy atom. The average Bonchev–Trinajstić information content (AvgIpc) is 3.01. The van der Waals surface area contributed by atoms with E-state index in [0.717, 1.165) is 46.0 Å². The van der Waals surface area contributed by atoms with E-state index in [0.29, 0.717) is 0 Å². The summed E-state index contributed by atoms with van der Waals surface area (Å²) >= 11 is 0. The first-order chi connectivity index (χ1) is 19.7. The van der Waals surface area contributed by atoms with Crippen molar-refractivity contribution in [2.45, 2.75) is 196 Å². The maximum absolute atomic E-state index is 2.95. The van der Waals surface area contributed by atoms with Crippen molar-refractivity contribution in [1.29, 1.82) is 0 Å². The van der Waals surface area contributed by atoms with Gasteiger partial charge in [0, 0.05) is 0 Å². The fourth-order valence-electron chi connectivity index (χ4n) is 10.9. The summed E-state index contributed by atoms with van der Waals surface area (Å²) in [7, 11) is 0.196. The molecule has 0 aromatic carbocycles. The summed E-state index contributed by atoms with van der Waals surface area (Å²) in [5.41, 5.74) is 7.24. The number of allylic oxidation sites excluding steroid dienone is 4. The molecule has 0 aromatic heterocycles. The first-order valence-corrected chi connectivity index (χ1v) is 21.7. The molecule has 0 spiro atoms. The third kappa shape index (κ3) is 6.85. The highest BCUT2D eigenvalue weighted by atomic mass is 31.1. The van der Waals surface area contributed by atoms with Crippen LogP contribution in [0.4, 0.5) is 0 Å². The quantitative estimate of drug-likeness (QED) is 0.207. The molecule has 0 unspecified atom stereocenters. The van der Waals surface area contributed by atoms with Crippen LogP contribution in [-0.2, 0) is 0 Å². The van der Waals surface area contributed by atoms with Gasteiger partial charge in [0.25, 0.3) is 0 Å². The van der Waals surface area contributed by atoms with Crippen molar-refractivity contribution in [3.05, 3.63) is 23.0 Å². The highest BCUT2D eigenvalue weighted by molar-refractivity contribution is 7.63. The summed E-state index contributed by atoms with van der Waals surface area (Å²) in [5.74, 6) is 2.69. The fourth-order valence-corrected chi connectivity index (χ4v) is 20.1. The molecule has 4 fully saturated rings. The molecule has 0 heterocycles. The van der Waals surface area contributed by atoms with E-state index in [1.54, 1.807) is 83.5 Å². The normalized spacial score (nSPS) is 34.7. The Morgan fingerprint density at radius 2 is 0.950 bits per heavy atom. The second kappa shape index (κ2) is 14.9. The summed E-state index contributed by atoms with van der Waals surface area (Å²) in [6.45, 7) is 5.36. The monoisotopic (exact) mass is 582 g/mol. The zero-order valence-electron chi connectivity index (χ0n) is 26.6. The Morgan fingerprint density at radius 3 is 1.45 bits per heavy atom. The topological polar surface area (TPSA) is 0 Å². The van der Waals surface area contributed by atoms with Crippen molar-refractivity contribution in [2.24, 2.45) is 17.8 Å². The molecule has 6 aliphatic carbocycles. The van der Waals surface area contributed by atoms with Crippen LogP contribution in [0.2, 0.25) is 0 Å². The molecule has 226 valence electrons. The Bertz CT molecular complexity index is 798. The Balaban J connectivity index is 1.37. The Labute approximate surface area is 252 Å². The minimum absolute atomic E-state index is 0.0489. The van der Waals surface area contributed by atoms with E-state index in [1.165, 1.54) is 70.6 Å². The van der Waals surface area contributed by atoms with Gasteiger partial charge in [0.15, 0.2) is 0 Å². The molecule has 6 aliphatic rings. The number of hydrogen-bond donors (Lipinski definition) is 0. The molecule has 0 N–H and O–H groups in total. The number of hydrogen-bond acceptors (Lipinski definition) is 0. The van der Waals surface area contributed by atoms with E-state index >= 15 is 0 Å². The number of rotatable bonds is 7. The van der Waals surface area contributed by atoms with Gasteiger partial charge in [-0.25, -0.2) is 0 Å². The molecule has 0 radical (unpaired) electrons. The SMILES string of the molecule is CC1=CCC[C@H](P(C2CCCCC2)C2CCCCC2)[C@@H]1[C@@H]1C(P(C2CCCCC2)C2CCCCC2)=CCC[C@@H]1C. The van der Waals surface area contributed by atoms with Gasteiger partial charge >= 0.3 is 0 Å². The molecular formula is C38H64P2. The van der Waals surface area contributed by atoms with E-state index in [9.17, 15) is 0 Å². The van der Waals surface area contributed by atoms with Gasteiger partial charge in [-0.2, -0.15) is 0 Å². The smallest absolute Gasteiger partial charge is 0.00631 e. The van der Waals surface area contributed by atoms with Crippen LogP contribution < -0.4 is 0 Å². The zero-order chi connectivity index (χ0) is 27.3. The van der Waals surface area contributed by atoms with Crippen LogP contribution >= 0.6 is 15.8 Å². The lowest BCUT2D eigenvalue weighted by Gasteiger charge is -2.53. The van der Waals surface area contributed by atoms with Crippen LogP contribution in [0.5, 0.6) is 0 Å². The van der Waals surface area contributed by atoms with Crippen molar-refractivity contribution in [3.63, 3.8) is 0 Å². The standard InChI is InChI=1S/C38H64P2/c1-29-17-15-27-35(39(31-19-7-3-8-20-31)32-21-9-4-10-22-32)37(29)38-30(2)18-16-28-36(38)40(33-23-11-5-12-24-33)34-25-13-6-14-26-34/h17,28,30-35,37-38H,3-16,18-27H2,1-2H3/t30-,35-,37+,38-/m0/s1. The van der Waals surface area contributed by atoms with Crippen LogP contribution in [0.15, 0.2) is 23.0 Å². The third-order valence-corrected chi connectivity index (χ3v) is 20.5. The van der Waals surface area contributed by atoms with Crippen LogP contribution in [0.25, 0.3) is 0 Å². The van der Waals surface area contributed by atoms with E-state index in [1.807, 2.05) is 5.57 Å². The lowest BCUT2D eigenvalue weighted by molar-refractivity contribution is 0.275. The lowest BCUT2D eigenvalue weighted by Crippen LogP contribution is -2.40. The minimum Gasteiger partial charge on any atom is -0.0965 e. The molecule has 6 rings (SSSR count). The Hall–Kier alpha value is 0.340.